The maximum atomic E-state index is 11.7. The van der Waals surface area contributed by atoms with E-state index in [2.05, 4.69) is 15.0 Å². The SMILES string of the molecule is CCOC(=O)C(N=Nc1cc(C(=O)O)cc(C(=O)O)c1)=C(O)CCl. The summed E-state index contributed by atoms with van der Waals surface area (Å²) in [5, 5.41) is 34.6. The predicted octanol–water partition coefficient (Wildman–Crippen LogP) is 2.74. The minimum absolute atomic E-state index is 0.0189. The molecule has 0 radical (unpaired) electrons. The summed E-state index contributed by atoms with van der Waals surface area (Å²) in [5.41, 5.74) is -1.36. The quantitative estimate of drug-likeness (QED) is 0.224. The number of halogens is 1. The monoisotopic (exact) mass is 356 g/mol. The van der Waals surface area contributed by atoms with Crippen LogP contribution in [0.2, 0.25) is 0 Å². The number of carboxylic acid groups (broad SMARTS) is 2. The maximum absolute atomic E-state index is 11.7. The number of rotatable bonds is 7. The molecule has 0 unspecified atom stereocenters. The number of ether oxygens (including phenoxy) is 1. The van der Waals surface area contributed by atoms with Crippen LogP contribution >= 0.6 is 11.6 Å². The average molecular weight is 357 g/mol. The highest BCUT2D eigenvalue weighted by Gasteiger charge is 2.17. The number of allylic oxidation sites excluding steroid dienone is 1. The maximum Gasteiger partial charge on any atom is 0.362 e. The average Bonchev–Trinajstić information content (AvgIpc) is 2.54. The van der Waals surface area contributed by atoms with Crippen molar-refractivity contribution < 1.29 is 34.4 Å². The summed E-state index contributed by atoms with van der Waals surface area (Å²) in [7, 11) is 0. The van der Waals surface area contributed by atoms with E-state index in [4.69, 9.17) is 21.8 Å². The van der Waals surface area contributed by atoms with Crippen molar-refractivity contribution >= 4 is 35.2 Å². The van der Waals surface area contributed by atoms with Gasteiger partial charge in [0.1, 0.15) is 5.76 Å². The van der Waals surface area contributed by atoms with Crippen LogP contribution in [0, 0.1) is 0 Å². The Kier molecular flexibility index (Phi) is 6.87. The van der Waals surface area contributed by atoms with Crippen LogP contribution < -0.4 is 0 Å². The van der Waals surface area contributed by atoms with Crippen LogP contribution in [0.1, 0.15) is 27.6 Å². The third-order valence-corrected chi connectivity index (χ3v) is 2.80. The number of carbonyl (C=O) groups excluding carboxylic acids is 1. The summed E-state index contributed by atoms with van der Waals surface area (Å²) in [6.45, 7) is 1.56. The molecule has 0 amide bonds. The zero-order chi connectivity index (χ0) is 18.3. The molecule has 1 aromatic carbocycles. The van der Waals surface area contributed by atoms with Crippen molar-refractivity contribution in [1.29, 1.82) is 0 Å². The van der Waals surface area contributed by atoms with E-state index in [1.54, 1.807) is 6.92 Å². The molecule has 0 saturated carbocycles. The molecule has 0 saturated heterocycles. The molecule has 0 aromatic heterocycles. The summed E-state index contributed by atoms with van der Waals surface area (Å²) < 4.78 is 4.68. The highest BCUT2D eigenvalue weighted by molar-refractivity contribution is 6.19. The van der Waals surface area contributed by atoms with E-state index in [1.165, 1.54) is 0 Å². The van der Waals surface area contributed by atoms with Gasteiger partial charge in [0.2, 0.25) is 5.70 Å². The lowest BCUT2D eigenvalue weighted by Crippen LogP contribution is -2.09. The van der Waals surface area contributed by atoms with Crippen molar-refractivity contribution in [3.8, 4) is 0 Å². The fourth-order valence-corrected chi connectivity index (χ4v) is 1.63. The molecule has 0 bridgehead atoms. The summed E-state index contributed by atoms with van der Waals surface area (Å²) >= 11 is 5.43. The lowest BCUT2D eigenvalue weighted by molar-refractivity contribution is -0.138. The third kappa shape index (κ3) is 5.06. The van der Waals surface area contributed by atoms with E-state index in [0.29, 0.717) is 0 Å². The van der Waals surface area contributed by atoms with Gasteiger partial charge < -0.3 is 20.1 Å². The molecule has 0 fully saturated rings. The number of esters is 1. The fourth-order valence-electron chi connectivity index (χ4n) is 1.50. The first-order valence-electron chi connectivity index (χ1n) is 6.48. The van der Waals surface area contributed by atoms with Crippen molar-refractivity contribution in [2.24, 2.45) is 10.2 Å². The number of hydrogen-bond acceptors (Lipinski definition) is 7. The summed E-state index contributed by atoms with van der Waals surface area (Å²) in [4.78, 5) is 33.7. The zero-order valence-corrected chi connectivity index (χ0v) is 13.1. The van der Waals surface area contributed by atoms with Crippen LogP contribution in [0.15, 0.2) is 39.9 Å². The van der Waals surface area contributed by atoms with E-state index in [0.717, 1.165) is 18.2 Å². The van der Waals surface area contributed by atoms with Crippen molar-refractivity contribution in [2.75, 3.05) is 12.5 Å². The Morgan fingerprint density at radius 2 is 1.62 bits per heavy atom. The molecular formula is C14H13ClN2O7. The topological polar surface area (TPSA) is 146 Å². The van der Waals surface area contributed by atoms with E-state index in [9.17, 15) is 19.5 Å². The Labute approximate surface area is 140 Å². The van der Waals surface area contributed by atoms with Gasteiger partial charge in [0.15, 0.2) is 0 Å². The number of hydrogen-bond donors (Lipinski definition) is 3. The molecule has 10 heteroatoms. The van der Waals surface area contributed by atoms with Gasteiger partial charge >= 0.3 is 17.9 Å². The Balaban J connectivity index is 3.30. The highest BCUT2D eigenvalue weighted by atomic mass is 35.5. The van der Waals surface area contributed by atoms with Gasteiger partial charge in [-0.1, -0.05) is 0 Å². The molecule has 0 atom stereocenters. The number of benzene rings is 1. The van der Waals surface area contributed by atoms with Gasteiger partial charge in [0.25, 0.3) is 0 Å². The summed E-state index contributed by atoms with van der Waals surface area (Å²) in [6.07, 6.45) is 0. The third-order valence-electron chi connectivity index (χ3n) is 2.55. The van der Waals surface area contributed by atoms with E-state index < -0.39 is 35.2 Å². The number of aromatic carboxylic acids is 2. The van der Waals surface area contributed by atoms with Gasteiger partial charge in [-0.2, -0.15) is 5.11 Å². The number of nitrogens with zero attached hydrogens (tertiary/aromatic N) is 2. The number of carbonyl (C=O) groups is 3. The van der Waals surface area contributed by atoms with Crippen LogP contribution in [0.25, 0.3) is 0 Å². The molecule has 1 rings (SSSR count). The summed E-state index contributed by atoms with van der Waals surface area (Å²) in [6, 6.07) is 3.06. The molecule has 0 aliphatic carbocycles. The van der Waals surface area contributed by atoms with Crippen LogP contribution in [0.3, 0.4) is 0 Å². The second-order valence-electron chi connectivity index (χ2n) is 4.23. The minimum atomic E-state index is -1.36. The van der Waals surface area contributed by atoms with E-state index in [-0.39, 0.29) is 23.4 Å². The Bertz CT molecular complexity index is 696. The number of azo groups is 1. The van der Waals surface area contributed by atoms with Gasteiger partial charge in [-0.15, -0.1) is 16.7 Å². The Morgan fingerprint density at radius 3 is 2.04 bits per heavy atom. The van der Waals surface area contributed by atoms with Crippen LogP contribution in [0.5, 0.6) is 0 Å². The van der Waals surface area contributed by atoms with Crippen molar-refractivity contribution in [1.82, 2.24) is 0 Å². The summed E-state index contributed by atoms with van der Waals surface area (Å²) in [5.74, 6) is -4.72. The molecule has 24 heavy (non-hydrogen) atoms. The van der Waals surface area contributed by atoms with E-state index >= 15 is 0 Å². The molecular weight excluding hydrogens is 344 g/mol. The molecule has 0 aliphatic rings. The van der Waals surface area contributed by atoms with Gasteiger partial charge in [-0.05, 0) is 25.1 Å². The second kappa shape index (κ2) is 8.63. The first-order chi connectivity index (χ1) is 11.3. The largest absolute Gasteiger partial charge is 0.508 e. The zero-order valence-electron chi connectivity index (χ0n) is 12.4. The smallest absolute Gasteiger partial charge is 0.362 e. The first-order valence-corrected chi connectivity index (χ1v) is 7.02. The van der Waals surface area contributed by atoms with Gasteiger partial charge in [-0.3, -0.25) is 0 Å². The number of aliphatic hydroxyl groups excluding tert-OH is 1. The van der Waals surface area contributed by atoms with Crippen LogP contribution in [0.4, 0.5) is 5.69 Å². The Morgan fingerprint density at radius 1 is 1.08 bits per heavy atom. The number of alkyl halides is 1. The highest BCUT2D eigenvalue weighted by Crippen LogP contribution is 2.21. The predicted molar refractivity (Wildman–Crippen MR) is 81.9 cm³/mol. The molecule has 3 N–H and O–H groups in total. The molecule has 0 spiro atoms. The molecule has 0 heterocycles. The number of carboxylic acids is 2. The molecule has 128 valence electrons. The second-order valence-corrected chi connectivity index (χ2v) is 4.50. The molecule has 0 aliphatic heterocycles. The van der Waals surface area contributed by atoms with E-state index in [1.807, 2.05) is 0 Å². The van der Waals surface area contributed by atoms with Gasteiger partial charge in [-0.25, -0.2) is 14.4 Å². The molecule has 9 nitrogen and oxygen atoms in total. The van der Waals surface area contributed by atoms with Crippen molar-refractivity contribution in [3.05, 3.63) is 40.8 Å². The lowest BCUT2D eigenvalue weighted by atomic mass is 10.1. The van der Waals surface area contributed by atoms with Crippen LogP contribution in [-0.4, -0.2) is 45.7 Å². The number of aliphatic hydroxyl groups is 1. The van der Waals surface area contributed by atoms with Gasteiger partial charge in [0.05, 0.1) is 29.3 Å². The van der Waals surface area contributed by atoms with Gasteiger partial charge in [0, 0.05) is 0 Å². The lowest BCUT2D eigenvalue weighted by Gasteiger charge is -2.04. The molecule has 1 aromatic rings. The van der Waals surface area contributed by atoms with Crippen molar-refractivity contribution in [2.45, 2.75) is 6.92 Å². The first kappa shape index (κ1) is 19.1. The standard InChI is InChI=1S/C14H13ClN2O7/c1-2-24-14(23)11(10(18)6-15)17-16-9-4-7(12(19)20)3-8(5-9)13(21)22/h3-5,18H,2,6H2,1H3,(H,19,20)(H,21,22). The fraction of sp³-hybridized carbons (Fsp3) is 0.214. The van der Waals surface area contributed by atoms with Crippen LogP contribution in [-0.2, 0) is 9.53 Å². The minimum Gasteiger partial charge on any atom is -0.508 e. The van der Waals surface area contributed by atoms with Crippen molar-refractivity contribution in [3.63, 3.8) is 0 Å². The normalized spacial score (nSPS) is 11.9. The Hall–Kier alpha value is -2.94.